The average Bonchev–Trinajstić information content (AvgIpc) is 2.51. The molecule has 0 spiro atoms. The molecule has 1 rings (SSSR count). The maximum atomic E-state index is 11.4. The zero-order valence-corrected chi connectivity index (χ0v) is 10.4. The maximum absolute atomic E-state index is 11.4. The van der Waals surface area contributed by atoms with Crippen molar-refractivity contribution < 1.29 is 9.59 Å². The molecule has 0 radical (unpaired) electrons. The summed E-state index contributed by atoms with van der Waals surface area (Å²) >= 11 is 1.32. The van der Waals surface area contributed by atoms with Gasteiger partial charge in [0.1, 0.15) is 6.42 Å². The molecule has 0 aliphatic heterocycles. The molecule has 0 aliphatic carbocycles. The van der Waals surface area contributed by atoms with Gasteiger partial charge in [-0.25, -0.2) is 4.98 Å². The molecule has 1 aromatic rings. The van der Waals surface area contributed by atoms with Crippen LogP contribution in [0, 0.1) is 0 Å². The van der Waals surface area contributed by atoms with Gasteiger partial charge < -0.3 is 10.6 Å². The van der Waals surface area contributed by atoms with E-state index < -0.39 is 0 Å². The molecular formula is C10H15N3O2S. The number of hydrogen-bond donors (Lipinski definition) is 2. The number of thiazole rings is 1. The van der Waals surface area contributed by atoms with Gasteiger partial charge in [-0.3, -0.25) is 9.59 Å². The van der Waals surface area contributed by atoms with E-state index in [2.05, 4.69) is 15.6 Å². The minimum absolute atomic E-state index is 0.184. The normalized spacial score (nSPS) is 10.9. The fraction of sp³-hybridized carbons (Fsp3) is 0.500. The molecule has 88 valence electrons. The molecule has 0 aromatic carbocycles. The van der Waals surface area contributed by atoms with Crippen LogP contribution in [0.5, 0.6) is 0 Å². The highest BCUT2D eigenvalue weighted by atomic mass is 32.1. The van der Waals surface area contributed by atoms with Crippen molar-refractivity contribution in [1.29, 1.82) is 0 Å². The molecule has 0 saturated carbocycles. The standard InChI is InChI=1S/C10H15N3O2S/c1-10(2,3)13-8(15)6-7(14)12-9-11-4-5-16-9/h4-5H,6H2,1-3H3,(H,13,15)(H,11,12,14). The van der Waals surface area contributed by atoms with Crippen molar-refractivity contribution in [2.24, 2.45) is 0 Å². The fourth-order valence-corrected chi connectivity index (χ4v) is 1.60. The summed E-state index contributed by atoms with van der Waals surface area (Å²) in [4.78, 5) is 26.7. The molecule has 2 N–H and O–H groups in total. The molecule has 1 heterocycles. The lowest BCUT2D eigenvalue weighted by Gasteiger charge is -2.20. The molecule has 0 saturated heterocycles. The first kappa shape index (κ1) is 12.6. The Labute approximate surface area is 98.3 Å². The lowest BCUT2D eigenvalue weighted by molar-refractivity contribution is -0.127. The Hall–Kier alpha value is -1.43. The highest BCUT2D eigenvalue weighted by Gasteiger charge is 2.16. The van der Waals surface area contributed by atoms with Crippen LogP contribution in [0.25, 0.3) is 0 Å². The third kappa shape index (κ3) is 4.88. The number of hydrogen-bond acceptors (Lipinski definition) is 4. The highest BCUT2D eigenvalue weighted by Crippen LogP contribution is 2.10. The van der Waals surface area contributed by atoms with Crippen LogP contribution in [-0.2, 0) is 9.59 Å². The van der Waals surface area contributed by atoms with Gasteiger partial charge in [0.15, 0.2) is 5.13 Å². The van der Waals surface area contributed by atoms with Crippen LogP contribution < -0.4 is 10.6 Å². The van der Waals surface area contributed by atoms with Crippen LogP contribution in [-0.4, -0.2) is 22.3 Å². The number of amides is 2. The van der Waals surface area contributed by atoms with E-state index >= 15 is 0 Å². The summed E-state index contributed by atoms with van der Waals surface area (Å²) in [5.74, 6) is -0.641. The van der Waals surface area contributed by atoms with Crippen molar-refractivity contribution in [2.75, 3.05) is 5.32 Å². The Bertz CT molecular complexity index is 368. The first-order chi connectivity index (χ1) is 7.37. The van der Waals surface area contributed by atoms with Crippen LogP contribution in [0.15, 0.2) is 11.6 Å². The van der Waals surface area contributed by atoms with Gasteiger partial charge in [-0.05, 0) is 20.8 Å². The van der Waals surface area contributed by atoms with Crippen molar-refractivity contribution in [1.82, 2.24) is 10.3 Å². The number of aromatic nitrogens is 1. The Kier molecular flexibility index (Phi) is 4.00. The van der Waals surface area contributed by atoms with Crippen LogP contribution in [0.4, 0.5) is 5.13 Å². The minimum Gasteiger partial charge on any atom is -0.351 e. The number of nitrogens with zero attached hydrogens (tertiary/aromatic N) is 1. The SMILES string of the molecule is CC(C)(C)NC(=O)CC(=O)Nc1nccs1. The Balaban J connectivity index is 2.37. The molecule has 2 amide bonds. The number of rotatable bonds is 3. The predicted molar refractivity (Wildman–Crippen MR) is 63.3 cm³/mol. The molecule has 0 bridgehead atoms. The van der Waals surface area contributed by atoms with Gasteiger partial charge in [0, 0.05) is 17.1 Å². The summed E-state index contributed by atoms with van der Waals surface area (Å²) in [6.45, 7) is 5.59. The van der Waals surface area contributed by atoms with Gasteiger partial charge >= 0.3 is 0 Å². The van der Waals surface area contributed by atoms with Crippen LogP contribution >= 0.6 is 11.3 Å². The zero-order chi connectivity index (χ0) is 12.2. The van der Waals surface area contributed by atoms with Crippen molar-refractivity contribution >= 4 is 28.3 Å². The second-order valence-electron chi connectivity index (χ2n) is 4.36. The van der Waals surface area contributed by atoms with E-state index in [9.17, 15) is 9.59 Å². The fourth-order valence-electron chi connectivity index (χ4n) is 1.06. The van der Waals surface area contributed by atoms with Crippen molar-refractivity contribution in [2.45, 2.75) is 32.7 Å². The van der Waals surface area contributed by atoms with Gasteiger partial charge in [0.25, 0.3) is 0 Å². The van der Waals surface area contributed by atoms with Gasteiger partial charge in [-0.2, -0.15) is 0 Å². The summed E-state index contributed by atoms with van der Waals surface area (Å²) < 4.78 is 0. The monoisotopic (exact) mass is 241 g/mol. The van der Waals surface area contributed by atoms with E-state index in [0.717, 1.165) is 0 Å². The van der Waals surface area contributed by atoms with Crippen LogP contribution in [0.3, 0.4) is 0 Å². The summed E-state index contributed by atoms with van der Waals surface area (Å²) in [5, 5.41) is 7.52. The minimum atomic E-state index is -0.350. The zero-order valence-electron chi connectivity index (χ0n) is 9.53. The molecule has 1 aromatic heterocycles. The van der Waals surface area contributed by atoms with Gasteiger partial charge in [0.2, 0.25) is 11.8 Å². The number of nitrogens with one attached hydrogen (secondary N) is 2. The Morgan fingerprint density at radius 1 is 1.38 bits per heavy atom. The van der Waals surface area contributed by atoms with E-state index in [1.807, 2.05) is 20.8 Å². The second-order valence-corrected chi connectivity index (χ2v) is 5.25. The summed E-state index contributed by atoms with van der Waals surface area (Å²) in [5.41, 5.74) is -0.321. The van der Waals surface area contributed by atoms with E-state index in [0.29, 0.717) is 5.13 Å². The third-order valence-corrected chi connectivity index (χ3v) is 2.20. The molecule has 0 atom stereocenters. The van der Waals surface area contributed by atoms with E-state index in [1.54, 1.807) is 11.6 Å². The smallest absolute Gasteiger partial charge is 0.235 e. The Morgan fingerprint density at radius 2 is 2.06 bits per heavy atom. The van der Waals surface area contributed by atoms with Gasteiger partial charge in [-0.1, -0.05) is 0 Å². The summed E-state index contributed by atoms with van der Waals surface area (Å²) in [7, 11) is 0. The second kappa shape index (κ2) is 5.07. The van der Waals surface area contributed by atoms with Crippen LogP contribution in [0.1, 0.15) is 27.2 Å². The van der Waals surface area contributed by atoms with Gasteiger partial charge in [0.05, 0.1) is 0 Å². The van der Waals surface area contributed by atoms with Crippen molar-refractivity contribution in [3.8, 4) is 0 Å². The van der Waals surface area contributed by atoms with E-state index in [-0.39, 0.29) is 23.8 Å². The largest absolute Gasteiger partial charge is 0.351 e. The average molecular weight is 241 g/mol. The lowest BCUT2D eigenvalue weighted by atomic mass is 10.1. The molecule has 0 fully saturated rings. The summed E-state index contributed by atoms with van der Waals surface area (Å²) in [6.07, 6.45) is 1.41. The Morgan fingerprint density at radius 3 is 2.56 bits per heavy atom. The maximum Gasteiger partial charge on any atom is 0.235 e. The molecular weight excluding hydrogens is 226 g/mol. The van der Waals surface area contributed by atoms with Crippen molar-refractivity contribution in [3.05, 3.63) is 11.6 Å². The van der Waals surface area contributed by atoms with E-state index in [1.165, 1.54) is 11.3 Å². The van der Waals surface area contributed by atoms with Crippen molar-refractivity contribution in [3.63, 3.8) is 0 Å². The highest BCUT2D eigenvalue weighted by molar-refractivity contribution is 7.13. The molecule has 16 heavy (non-hydrogen) atoms. The lowest BCUT2D eigenvalue weighted by Crippen LogP contribution is -2.41. The van der Waals surface area contributed by atoms with E-state index in [4.69, 9.17) is 0 Å². The third-order valence-electron chi connectivity index (χ3n) is 1.51. The molecule has 0 unspecified atom stereocenters. The summed E-state index contributed by atoms with van der Waals surface area (Å²) in [6, 6.07) is 0. The predicted octanol–water partition coefficient (Wildman–Crippen LogP) is 1.39. The molecule has 5 nitrogen and oxygen atoms in total. The number of anilines is 1. The number of carbonyl (C=O) groups is 2. The first-order valence-electron chi connectivity index (χ1n) is 4.87. The van der Waals surface area contributed by atoms with Gasteiger partial charge in [-0.15, -0.1) is 11.3 Å². The molecule has 0 aliphatic rings. The topological polar surface area (TPSA) is 71.1 Å². The number of carbonyl (C=O) groups excluding carboxylic acids is 2. The quantitative estimate of drug-likeness (QED) is 0.785. The first-order valence-corrected chi connectivity index (χ1v) is 5.75. The van der Waals surface area contributed by atoms with Crippen LogP contribution in [0.2, 0.25) is 0 Å². The molecule has 6 heteroatoms.